The summed E-state index contributed by atoms with van der Waals surface area (Å²) >= 11 is 0. The van der Waals surface area contributed by atoms with E-state index in [1.165, 1.54) is 66.9 Å². The lowest BCUT2D eigenvalue weighted by atomic mass is 9.87. The van der Waals surface area contributed by atoms with Gasteiger partial charge in [0, 0.05) is 33.9 Å². The Hall–Kier alpha value is -7.42. The summed E-state index contributed by atoms with van der Waals surface area (Å²) in [6, 6.07) is 83.8. The molecule has 64 heavy (non-hydrogen) atoms. The van der Waals surface area contributed by atoms with Crippen LogP contribution in [0, 0.1) is 0 Å². The van der Waals surface area contributed by atoms with Crippen molar-refractivity contribution in [1.82, 2.24) is 0 Å². The van der Waals surface area contributed by atoms with Crippen LogP contribution in [-0.4, -0.2) is 5.54 Å². The highest BCUT2D eigenvalue weighted by atomic mass is 15.2. The van der Waals surface area contributed by atoms with E-state index in [9.17, 15) is 0 Å². The average molecular weight is 829 g/mol. The summed E-state index contributed by atoms with van der Waals surface area (Å²) in [7, 11) is 0. The Morgan fingerprint density at radius 2 is 0.594 bits per heavy atom. The Labute approximate surface area is 380 Å². The van der Waals surface area contributed by atoms with Crippen molar-refractivity contribution in [3.8, 4) is 55.6 Å². The van der Waals surface area contributed by atoms with E-state index in [0.717, 1.165) is 22.7 Å². The topological polar surface area (TPSA) is 6.48 Å². The number of benzene rings is 9. The summed E-state index contributed by atoms with van der Waals surface area (Å²) in [5.74, 6) is 0. The highest BCUT2D eigenvalue weighted by Gasteiger charge is 2.27. The lowest BCUT2D eigenvalue weighted by molar-refractivity contribution is 0.561. The third-order valence-corrected chi connectivity index (χ3v) is 12.1. The fraction of sp³-hybridized carbons (Fsp3) is 0.129. The van der Waals surface area contributed by atoms with E-state index in [-0.39, 0.29) is 11.0 Å². The van der Waals surface area contributed by atoms with Crippen molar-refractivity contribution in [1.29, 1.82) is 0 Å². The van der Waals surface area contributed by atoms with Crippen molar-refractivity contribution in [2.24, 2.45) is 0 Å². The second kappa shape index (κ2) is 17.8. The van der Waals surface area contributed by atoms with Crippen molar-refractivity contribution in [2.45, 2.75) is 52.5 Å². The van der Waals surface area contributed by atoms with Crippen LogP contribution in [0.15, 0.2) is 231 Å². The van der Waals surface area contributed by atoms with Gasteiger partial charge in [0.2, 0.25) is 0 Å². The third-order valence-electron chi connectivity index (χ3n) is 12.1. The molecule has 0 N–H and O–H groups in total. The van der Waals surface area contributed by atoms with Gasteiger partial charge in [-0.3, -0.25) is 0 Å². The Morgan fingerprint density at radius 1 is 0.281 bits per heavy atom. The Balaban J connectivity index is 1.03. The van der Waals surface area contributed by atoms with Crippen molar-refractivity contribution in [3.63, 3.8) is 0 Å². The van der Waals surface area contributed by atoms with Gasteiger partial charge >= 0.3 is 0 Å². The van der Waals surface area contributed by atoms with Crippen molar-refractivity contribution >= 4 is 28.4 Å². The fourth-order valence-electron chi connectivity index (χ4n) is 8.73. The normalized spacial score (nSPS) is 11.6. The molecule has 0 saturated heterocycles. The quantitative estimate of drug-likeness (QED) is 0.135. The number of hydrogen-bond donors (Lipinski definition) is 0. The molecule has 314 valence electrons. The van der Waals surface area contributed by atoms with Gasteiger partial charge in [-0.15, -0.1) is 0 Å². The molecule has 0 radical (unpaired) electrons. The predicted octanol–water partition coefficient (Wildman–Crippen LogP) is 17.7. The molecule has 2 heteroatoms. The Bertz CT molecular complexity index is 2920. The van der Waals surface area contributed by atoms with Crippen LogP contribution < -0.4 is 9.80 Å². The smallest absolute Gasteiger partial charge is 0.0501 e. The van der Waals surface area contributed by atoms with E-state index in [0.29, 0.717) is 0 Å². The molecule has 0 bridgehead atoms. The molecule has 0 aliphatic carbocycles. The van der Waals surface area contributed by atoms with Crippen LogP contribution >= 0.6 is 0 Å². The molecule has 0 spiro atoms. The number of nitrogens with zero attached hydrogens (tertiary/aromatic N) is 2. The lowest BCUT2D eigenvalue weighted by Gasteiger charge is -2.39. The fourth-order valence-corrected chi connectivity index (χ4v) is 8.73. The Kier molecular flexibility index (Phi) is 11.6. The van der Waals surface area contributed by atoms with Gasteiger partial charge < -0.3 is 9.80 Å². The van der Waals surface area contributed by atoms with Gasteiger partial charge in [-0.25, -0.2) is 0 Å². The van der Waals surface area contributed by atoms with Gasteiger partial charge in [0.1, 0.15) is 0 Å². The van der Waals surface area contributed by atoms with Crippen LogP contribution in [0.3, 0.4) is 0 Å². The maximum absolute atomic E-state index is 2.49. The first-order valence-corrected chi connectivity index (χ1v) is 22.4. The molecule has 9 rings (SSSR count). The summed E-state index contributed by atoms with van der Waals surface area (Å²) in [4.78, 5) is 4.84. The molecule has 9 aromatic rings. The zero-order valence-corrected chi connectivity index (χ0v) is 37.8. The molecule has 0 aromatic heterocycles. The van der Waals surface area contributed by atoms with Crippen LogP contribution in [0.4, 0.5) is 28.4 Å². The Morgan fingerprint density at radius 3 is 0.984 bits per heavy atom. The van der Waals surface area contributed by atoms with Crippen LogP contribution in [0.2, 0.25) is 0 Å². The largest absolute Gasteiger partial charge is 0.336 e. The van der Waals surface area contributed by atoms with Crippen LogP contribution in [0.25, 0.3) is 55.6 Å². The van der Waals surface area contributed by atoms with E-state index in [2.05, 4.69) is 282 Å². The monoisotopic (exact) mass is 828 g/mol. The molecule has 0 fully saturated rings. The minimum absolute atomic E-state index is 0.0778. The number of rotatable bonds is 10. The third kappa shape index (κ3) is 9.05. The summed E-state index contributed by atoms with van der Waals surface area (Å²) in [6.07, 6.45) is 0. The first kappa shape index (κ1) is 41.9. The molecule has 0 heterocycles. The average Bonchev–Trinajstić information content (AvgIpc) is 3.33. The SMILES string of the molecule is CC(C)(C)c1ccc(N(c2ccc(-c3ccccc3)cc2)c2ccc(-c3ccc(-c4ccc(-c5ccccc5)c(N(c5ccc(-c6ccccc6)cc5)C(C)(C)C)c4)cc3)cc2)cc1. The van der Waals surface area contributed by atoms with Gasteiger partial charge in [-0.05, 0) is 136 Å². The van der Waals surface area contributed by atoms with Crippen molar-refractivity contribution < 1.29 is 0 Å². The molecule has 2 nitrogen and oxygen atoms in total. The van der Waals surface area contributed by atoms with Crippen LogP contribution in [0.1, 0.15) is 47.1 Å². The predicted molar refractivity (Wildman–Crippen MR) is 275 cm³/mol. The highest BCUT2D eigenvalue weighted by Crippen LogP contribution is 2.43. The highest BCUT2D eigenvalue weighted by molar-refractivity contribution is 5.88. The minimum Gasteiger partial charge on any atom is -0.336 e. The van der Waals surface area contributed by atoms with Gasteiger partial charge in [0.25, 0.3) is 0 Å². The molecule has 0 amide bonds. The standard InChI is InChI=1S/C62H56N2/c1-61(2,3)54-33-41-57(42-34-54)63(55-35-26-48(27-36-55)45-16-10-7-11-17-45)56-37-28-50(29-38-56)47-22-24-51(25-23-47)53-32-43-59(52-20-14-9-15-21-52)60(44-53)64(62(4,5)6)58-39-30-49(31-40-58)46-18-12-8-13-19-46/h7-44H,1-6H3. The van der Waals surface area contributed by atoms with E-state index >= 15 is 0 Å². The van der Waals surface area contributed by atoms with Crippen molar-refractivity contribution in [3.05, 3.63) is 236 Å². The molecule has 0 saturated carbocycles. The first-order chi connectivity index (χ1) is 31.0. The number of hydrogen-bond acceptors (Lipinski definition) is 2. The zero-order chi connectivity index (χ0) is 44.3. The zero-order valence-electron chi connectivity index (χ0n) is 37.8. The lowest BCUT2D eigenvalue weighted by Crippen LogP contribution is -2.38. The molecule has 0 unspecified atom stereocenters. The van der Waals surface area contributed by atoms with E-state index in [4.69, 9.17) is 0 Å². The molecular weight excluding hydrogens is 773 g/mol. The summed E-state index contributed by atoms with van der Waals surface area (Å²) < 4.78 is 0. The maximum Gasteiger partial charge on any atom is 0.0501 e. The van der Waals surface area contributed by atoms with Gasteiger partial charge in [-0.2, -0.15) is 0 Å². The second-order valence-corrected chi connectivity index (χ2v) is 18.7. The maximum atomic E-state index is 2.49. The van der Waals surface area contributed by atoms with Gasteiger partial charge in [0.05, 0.1) is 5.69 Å². The second-order valence-electron chi connectivity index (χ2n) is 18.7. The van der Waals surface area contributed by atoms with Gasteiger partial charge in [-0.1, -0.05) is 197 Å². The number of anilines is 5. The first-order valence-electron chi connectivity index (χ1n) is 22.4. The summed E-state index contributed by atoms with van der Waals surface area (Å²) in [5.41, 5.74) is 18.8. The molecule has 0 atom stereocenters. The minimum atomic E-state index is -0.205. The van der Waals surface area contributed by atoms with Crippen LogP contribution in [-0.2, 0) is 5.41 Å². The molecular formula is C62H56N2. The van der Waals surface area contributed by atoms with Gasteiger partial charge in [0.15, 0.2) is 0 Å². The van der Waals surface area contributed by atoms with Crippen LogP contribution in [0.5, 0.6) is 0 Å². The molecule has 0 aliphatic rings. The van der Waals surface area contributed by atoms with E-state index < -0.39 is 0 Å². The summed E-state index contributed by atoms with van der Waals surface area (Å²) in [5, 5.41) is 0. The molecule has 9 aromatic carbocycles. The van der Waals surface area contributed by atoms with E-state index in [1.54, 1.807) is 0 Å². The van der Waals surface area contributed by atoms with E-state index in [1.807, 2.05) is 0 Å². The summed E-state index contributed by atoms with van der Waals surface area (Å²) in [6.45, 7) is 13.7. The van der Waals surface area contributed by atoms with Crippen molar-refractivity contribution in [2.75, 3.05) is 9.80 Å². The molecule has 0 aliphatic heterocycles.